The minimum atomic E-state index is -4.86. The molecule has 142 valence electrons. The van der Waals surface area contributed by atoms with Gasteiger partial charge < -0.3 is 25.3 Å². The van der Waals surface area contributed by atoms with Crippen LogP contribution < -0.4 is 4.84 Å². The van der Waals surface area contributed by atoms with Crippen LogP contribution in [0.5, 0.6) is 23.5 Å². The second kappa shape index (κ2) is 6.26. The highest BCUT2D eigenvalue weighted by Gasteiger charge is 2.26. The van der Waals surface area contributed by atoms with E-state index in [4.69, 9.17) is 9.39 Å². The lowest BCUT2D eigenvalue weighted by atomic mass is 10.2. The first-order valence-electron chi connectivity index (χ1n) is 7.13. The molecule has 0 aliphatic carbocycles. The Kier molecular flexibility index (Phi) is 4.21. The number of carbonyl (C=O) groups excluding carboxylic acids is 1. The van der Waals surface area contributed by atoms with Gasteiger partial charge in [-0.2, -0.15) is 8.42 Å². The van der Waals surface area contributed by atoms with E-state index in [0.29, 0.717) is 6.07 Å². The molecular formula is C15H12N2O9S. The van der Waals surface area contributed by atoms with Crippen molar-refractivity contribution in [2.75, 3.05) is 0 Å². The van der Waals surface area contributed by atoms with Gasteiger partial charge in [0, 0.05) is 18.2 Å². The number of rotatable bonds is 4. The van der Waals surface area contributed by atoms with Crippen LogP contribution in [0.25, 0.3) is 5.69 Å². The first kappa shape index (κ1) is 18.2. The fraction of sp³-hybridized carbons (Fsp3) is 0. The van der Waals surface area contributed by atoms with Gasteiger partial charge in [-0.1, -0.05) is 6.07 Å². The van der Waals surface area contributed by atoms with Crippen molar-refractivity contribution >= 4 is 16.1 Å². The average Bonchev–Trinajstić information content (AvgIpc) is 3.08. The smallest absolute Gasteiger partial charge is 0.364 e. The van der Waals surface area contributed by atoms with Crippen LogP contribution in [0.1, 0.15) is 10.4 Å². The number of hydrogen-bond acceptors (Lipinski definition) is 8. The molecule has 5 N–H and O–H groups in total. The molecule has 3 aromatic rings. The van der Waals surface area contributed by atoms with Gasteiger partial charge in [0.2, 0.25) is 5.88 Å². The standard InChI is InChI=1S/C15H12N2O9S/c18-11-4-5-12(19)16(11)9-3-1-2-8(6-9)15(22)26-17-13(20)7-10(14(17)21)27(23,24)25/h1-7,18-21H,(H,23,24,25). The molecule has 0 saturated heterocycles. The van der Waals surface area contributed by atoms with E-state index in [2.05, 4.69) is 0 Å². The second-order valence-electron chi connectivity index (χ2n) is 5.27. The third kappa shape index (κ3) is 3.26. The lowest BCUT2D eigenvalue weighted by Crippen LogP contribution is -2.19. The van der Waals surface area contributed by atoms with Crippen molar-refractivity contribution in [1.82, 2.24) is 9.30 Å². The van der Waals surface area contributed by atoms with Crippen molar-refractivity contribution in [2.24, 2.45) is 0 Å². The zero-order valence-electron chi connectivity index (χ0n) is 13.2. The number of aromatic nitrogens is 2. The molecule has 0 aliphatic rings. The lowest BCUT2D eigenvalue weighted by molar-refractivity contribution is 0.0377. The Morgan fingerprint density at radius 2 is 1.56 bits per heavy atom. The largest absolute Gasteiger partial charge is 0.494 e. The Hall–Kier alpha value is -3.64. The molecule has 12 heteroatoms. The number of hydrogen-bond donors (Lipinski definition) is 5. The maximum absolute atomic E-state index is 12.3. The molecule has 1 aromatic carbocycles. The molecule has 0 atom stereocenters. The Bertz CT molecular complexity index is 1120. The van der Waals surface area contributed by atoms with Crippen LogP contribution in [0, 0.1) is 0 Å². The number of nitrogens with zero attached hydrogens (tertiary/aromatic N) is 2. The van der Waals surface area contributed by atoms with Crippen LogP contribution in [0.15, 0.2) is 47.4 Å². The summed E-state index contributed by atoms with van der Waals surface area (Å²) in [6.45, 7) is 0. The first-order valence-corrected chi connectivity index (χ1v) is 8.57. The summed E-state index contributed by atoms with van der Waals surface area (Å²) in [6.07, 6.45) is 0. The van der Waals surface area contributed by atoms with Crippen molar-refractivity contribution in [3.8, 4) is 29.2 Å². The maximum Gasteiger partial charge on any atom is 0.364 e. The maximum atomic E-state index is 12.3. The summed E-state index contributed by atoms with van der Waals surface area (Å²) in [5, 5.41) is 38.8. The summed E-state index contributed by atoms with van der Waals surface area (Å²) >= 11 is 0. The summed E-state index contributed by atoms with van der Waals surface area (Å²) in [6, 6.07) is 8.35. The molecule has 2 heterocycles. The summed E-state index contributed by atoms with van der Waals surface area (Å²) in [5.41, 5.74) is 0.0740. The highest BCUT2D eigenvalue weighted by Crippen LogP contribution is 2.30. The van der Waals surface area contributed by atoms with Gasteiger partial charge in [-0.15, -0.1) is 4.73 Å². The van der Waals surface area contributed by atoms with Gasteiger partial charge in [0.15, 0.2) is 16.7 Å². The Morgan fingerprint density at radius 3 is 2.11 bits per heavy atom. The third-order valence-electron chi connectivity index (χ3n) is 3.51. The molecule has 0 amide bonds. The van der Waals surface area contributed by atoms with Crippen LogP contribution in [0.4, 0.5) is 0 Å². The quantitative estimate of drug-likeness (QED) is 0.396. The van der Waals surface area contributed by atoms with Gasteiger partial charge in [-0.3, -0.25) is 9.12 Å². The minimum Gasteiger partial charge on any atom is -0.494 e. The van der Waals surface area contributed by atoms with Gasteiger partial charge in [0.25, 0.3) is 16.0 Å². The van der Waals surface area contributed by atoms with Gasteiger partial charge in [-0.05, 0) is 18.2 Å². The van der Waals surface area contributed by atoms with Gasteiger partial charge in [0.05, 0.1) is 11.3 Å². The summed E-state index contributed by atoms with van der Waals surface area (Å²) in [7, 11) is -4.86. The molecule has 0 radical (unpaired) electrons. The van der Waals surface area contributed by atoms with Crippen LogP contribution in [0.3, 0.4) is 0 Å². The normalized spacial score (nSPS) is 11.4. The highest BCUT2D eigenvalue weighted by atomic mass is 32.2. The van der Waals surface area contributed by atoms with E-state index in [-0.39, 0.29) is 27.7 Å². The zero-order valence-corrected chi connectivity index (χ0v) is 14.0. The molecule has 0 bridgehead atoms. The molecule has 11 nitrogen and oxygen atoms in total. The van der Waals surface area contributed by atoms with Gasteiger partial charge in [-0.25, -0.2) is 4.79 Å². The van der Waals surface area contributed by atoms with Crippen LogP contribution in [-0.4, -0.2) is 48.7 Å². The van der Waals surface area contributed by atoms with Crippen molar-refractivity contribution in [2.45, 2.75) is 4.90 Å². The van der Waals surface area contributed by atoms with Crippen LogP contribution >= 0.6 is 0 Å². The Balaban J connectivity index is 1.95. The van der Waals surface area contributed by atoms with E-state index in [0.717, 1.165) is 4.57 Å². The van der Waals surface area contributed by atoms with Crippen molar-refractivity contribution in [3.05, 3.63) is 48.0 Å². The van der Waals surface area contributed by atoms with Gasteiger partial charge in [0.1, 0.15) is 0 Å². The average molecular weight is 396 g/mol. The van der Waals surface area contributed by atoms with E-state index < -0.39 is 32.7 Å². The van der Waals surface area contributed by atoms with E-state index in [1.165, 1.54) is 36.4 Å². The summed E-state index contributed by atoms with van der Waals surface area (Å²) in [5.74, 6) is -3.87. The van der Waals surface area contributed by atoms with E-state index >= 15 is 0 Å². The SMILES string of the molecule is O=C(On1c(O)cc(S(=O)(=O)O)c1O)c1cccc(-n2c(O)ccc2O)c1. The van der Waals surface area contributed by atoms with Crippen molar-refractivity contribution < 1.29 is 43.0 Å². The molecule has 0 spiro atoms. The third-order valence-corrected chi connectivity index (χ3v) is 4.37. The van der Waals surface area contributed by atoms with E-state index in [1.54, 1.807) is 0 Å². The predicted molar refractivity (Wildman–Crippen MR) is 87.6 cm³/mol. The van der Waals surface area contributed by atoms with E-state index in [9.17, 15) is 33.6 Å². The minimum absolute atomic E-state index is 0.114. The fourth-order valence-electron chi connectivity index (χ4n) is 2.32. The van der Waals surface area contributed by atoms with Crippen LogP contribution in [0.2, 0.25) is 0 Å². The number of aromatic hydroxyl groups is 4. The first-order chi connectivity index (χ1) is 12.6. The van der Waals surface area contributed by atoms with E-state index in [1.807, 2.05) is 0 Å². The molecule has 27 heavy (non-hydrogen) atoms. The molecule has 0 unspecified atom stereocenters. The molecule has 0 fully saturated rings. The summed E-state index contributed by atoms with van der Waals surface area (Å²) < 4.78 is 32.3. The van der Waals surface area contributed by atoms with Crippen molar-refractivity contribution in [1.29, 1.82) is 0 Å². The Labute approximate surface area is 151 Å². The Morgan fingerprint density at radius 1 is 0.926 bits per heavy atom. The highest BCUT2D eigenvalue weighted by molar-refractivity contribution is 7.86. The number of benzene rings is 1. The topological polar surface area (TPSA) is 171 Å². The molecule has 2 aromatic heterocycles. The fourth-order valence-corrected chi connectivity index (χ4v) is 2.88. The van der Waals surface area contributed by atoms with Crippen molar-refractivity contribution in [3.63, 3.8) is 0 Å². The molecular weight excluding hydrogens is 384 g/mol. The monoisotopic (exact) mass is 396 g/mol. The summed E-state index contributed by atoms with van der Waals surface area (Å²) in [4.78, 5) is 15.9. The predicted octanol–water partition coefficient (Wildman–Crippen LogP) is 0.617. The van der Waals surface area contributed by atoms with Gasteiger partial charge >= 0.3 is 5.97 Å². The van der Waals surface area contributed by atoms with Crippen LogP contribution in [-0.2, 0) is 10.1 Å². The zero-order chi connectivity index (χ0) is 19.9. The molecule has 0 aliphatic heterocycles. The molecule has 0 saturated carbocycles. The lowest BCUT2D eigenvalue weighted by Gasteiger charge is -2.10. The second-order valence-corrected chi connectivity index (χ2v) is 6.66. The number of carbonyl (C=O) groups is 1. The molecule has 3 rings (SSSR count).